The molecule has 1 fully saturated rings. The van der Waals surface area contributed by atoms with Crippen LogP contribution in [-0.4, -0.2) is 30.2 Å². The van der Waals surface area contributed by atoms with Gasteiger partial charge in [0.25, 0.3) is 0 Å². The molecule has 0 aliphatic carbocycles. The largest absolute Gasteiger partial charge is 0.462 e. The van der Waals surface area contributed by atoms with Gasteiger partial charge in [-0.05, 0) is 12.0 Å². The van der Waals surface area contributed by atoms with Crippen LogP contribution < -0.4 is 0 Å². The molecule has 0 unspecified atom stereocenters. The number of ketones is 1. The van der Waals surface area contributed by atoms with Crippen LogP contribution in [0.5, 0.6) is 0 Å². The van der Waals surface area contributed by atoms with E-state index >= 15 is 0 Å². The molecule has 2 atom stereocenters. The van der Waals surface area contributed by atoms with Gasteiger partial charge in [0.1, 0.15) is 18.2 Å². The molecule has 0 aromatic heterocycles. The van der Waals surface area contributed by atoms with E-state index in [1.54, 1.807) is 0 Å². The molecule has 2 rings (SSSR count). The second-order valence-electron chi connectivity index (χ2n) is 5.77. The Hall–Kier alpha value is -2.01. The standard InChI is InChI=1S/C18H22O5/c19-9-5-4-8-15(20)10-16(11-17-12-18(21)23-17)22-13-14-6-2-1-3-7-14/h1-3,6-7,9,16-17H,4-5,8,10-13H2/t16-,17-/m1/s1. The quantitative estimate of drug-likeness (QED) is 0.356. The Labute approximate surface area is 136 Å². The van der Waals surface area contributed by atoms with Crippen LogP contribution in [0.4, 0.5) is 0 Å². The topological polar surface area (TPSA) is 69.7 Å². The van der Waals surface area contributed by atoms with Gasteiger partial charge >= 0.3 is 5.97 Å². The minimum absolute atomic E-state index is 0.0792. The fraction of sp³-hybridized carbons (Fsp3) is 0.500. The number of Topliss-reactive ketones (excluding diaryl/α,β-unsaturated/α-hetero) is 1. The maximum atomic E-state index is 12.0. The molecule has 0 N–H and O–H groups in total. The van der Waals surface area contributed by atoms with E-state index in [2.05, 4.69) is 0 Å². The van der Waals surface area contributed by atoms with Crippen molar-refractivity contribution in [1.29, 1.82) is 0 Å². The number of cyclic esters (lactones) is 1. The molecule has 0 spiro atoms. The predicted molar refractivity (Wildman–Crippen MR) is 83.7 cm³/mol. The molecule has 1 aromatic carbocycles. The van der Waals surface area contributed by atoms with E-state index in [0.717, 1.165) is 11.8 Å². The van der Waals surface area contributed by atoms with Crippen LogP contribution in [-0.2, 0) is 30.5 Å². The second-order valence-corrected chi connectivity index (χ2v) is 5.77. The molecule has 1 saturated heterocycles. The number of benzene rings is 1. The summed E-state index contributed by atoms with van der Waals surface area (Å²) < 4.78 is 10.9. The summed E-state index contributed by atoms with van der Waals surface area (Å²) in [4.78, 5) is 33.2. The summed E-state index contributed by atoms with van der Waals surface area (Å²) in [7, 11) is 0. The lowest BCUT2D eigenvalue weighted by molar-refractivity contribution is -0.173. The number of carbonyl (C=O) groups is 3. The highest BCUT2D eigenvalue weighted by molar-refractivity contribution is 5.79. The van der Waals surface area contributed by atoms with Crippen molar-refractivity contribution in [2.45, 2.75) is 57.3 Å². The highest BCUT2D eigenvalue weighted by Gasteiger charge is 2.31. The number of hydrogen-bond donors (Lipinski definition) is 0. The van der Waals surface area contributed by atoms with Gasteiger partial charge in [-0.15, -0.1) is 0 Å². The molecule has 0 saturated carbocycles. The van der Waals surface area contributed by atoms with E-state index in [-0.39, 0.29) is 24.0 Å². The normalized spacial score (nSPS) is 17.9. The highest BCUT2D eigenvalue weighted by Crippen LogP contribution is 2.22. The van der Waals surface area contributed by atoms with Crippen molar-refractivity contribution >= 4 is 18.0 Å². The maximum Gasteiger partial charge on any atom is 0.309 e. The van der Waals surface area contributed by atoms with Crippen LogP contribution in [0.15, 0.2) is 30.3 Å². The Balaban J connectivity index is 1.82. The molecular weight excluding hydrogens is 296 g/mol. The molecular formula is C18H22O5. The van der Waals surface area contributed by atoms with Crippen molar-refractivity contribution in [3.8, 4) is 0 Å². The third kappa shape index (κ3) is 6.32. The molecule has 1 heterocycles. The SMILES string of the molecule is O=CCCCC(=O)C[C@H](C[C@@H]1CC(=O)O1)OCc1ccccc1. The fourth-order valence-electron chi connectivity index (χ4n) is 2.52. The monoisotopic (exact) mass is 318 g/mol. The van der Waals surface area contributed by atoms with E-state index in [1.807, 2.05) is 30.3 Å². The van der Waals surface area contributed by atoms with Crippen LogP contribution in [0.2, 0.25) is 0 Å². The molecule has 1 aromatic rings. The first-order valence-corrected chi connectivity index (χ1v) is 7.97. The number of aldehydes is 1. The van der Waals surface area contributed by atoms with E-state index in [9.17, 15) is 14.4 Å². The van der Waals surface area contributed by atoms with Crippen LogP contribution >= 0.6 is 0 Å². The minimum atomic E-state index is -0.267. The number of unbranched alkanes of at least 4 members (excludes halogenated alkanes) is 1. The summed E-state index contributed by atoms with van der Waals surface area (Å²) in [6.07, 6.45) is 3.00. The Morgan fingerprint density at radius 2 is 2.09 bits per heavy atom. The lowest BCUT2D eigenvalue weighted by Crippen LogP contribution is -2.36. The lowest BCUT2D eigenvalue weighted by Gasteiger charge is -2.29. The molecule has 23 heavy (non-hydrogen) atoms. The van der Waals surface area contributed by atoms with Gasteiger partial charge in [0.2, 0.25) is 0 Å². The Bertz CT molecular complexity index is 517. The van der Waals surface area contributed by atoms with Crippen molar-refractivity contribution < 1.29 is 23.9 Å². The molecule has 0 radical (unpaired) electrons. The number of ether oxygens (including phenoxy) is 2. The van der Waals surface area contributed by atoms with Crippen molar-refractivity contribution in [3.63, 3.8) is 0 Å². The third-order valence-corrected chi connectivity index (χ3v) is 3.78. The van der Waals surface area contributed by atoms with Crippen molar-refractivity contribution in [1.82, 2.24) is 0 Å². The van der Waals surface area contributed by atoms with Crippen LogP contribution in [0.3, 0.4) is 0 Å². The molecule has 124 valence electrons. The third-order valence-electron chi connectivity index (χ3n) is 3.78. The lowest BCUT2D eigenvalue weighted by atomic mass is 9.99. The predicted octanol–water partition coefficient (Wildman–Crippen LogP) is 2.61. The van der Waals surface area contributed by atoms with E-state index in [0.29, 0.717) is 45.1 Å². The zero-order valence-electron chi connectivity index (χ0n) is 13.1. The summed E-state index contributed by atoms with van der Waals surface area (Å²) >= 11 is 0. The fourth-order valence-corrected chi connectivity index (χ4v) is 2.52. The summed E-state index contributed by atoms with van der Waals surface area (Å²) in [5.74, 6) is -0.121. The molecule has 0 amide bonds. The van der Waals surface area contributed by atoms with Crippen LogP contribution in [0.25, 0.3) is 0 Å². The van der Waals surface area contributed by atoms with Crippen LogP contribution in [0.1, 0.15) is 44.1 Å². The van der Waals surface area contributed by atoms with Crippen molar-refractivity contribution in [2.24, 2.45) is 0 Å². The Kier molecular flexibility index (Phi) is 6.94. The summed E-state index contributed by atoms with van der Waals surface area (Å²) in [6, 6.07) is 9.74. The summed E-state index contributed by atoms with van der Waals surface area (Å²) in [5.41, 5.74) is 1.04. The van der Waals surface area contributed by atoms with E-state index in [4.69, 9.17) is 9.47 Å². The van der Waals surface area contributed by atoms with E-state index < -0.39 is 0 Å². The second kappa shape index (κ2) is 9.20. The van der Waals surface area contributed by atoms with Gasteiger partial charge < -0.3 is 14.3 Å². The maximum absolute atomic E-state index is 12.0. The van der Waals surface area contributed by atoms with Gasteiger partial charge in [-0.3, -0.25) is 9.59 Å². The molecule has 5 heteroatoms. The zero-order chi connectivity index (χ0) is 16.5. The Morgan fingerprint density at radius 3 is 2.74 bits per heavy atom. The molecule has 0 bridgehead atoms. The van der Waals surface area contributed by atoms with Gasteiger partial charge in [0.15, 0.2) is 0 Å². The Morgan fingerprint density at radius 1 is 1.35 bits per heavy atom. The van der Waals surface area contributed by atoms with Crippen LogP contribution in [0, 0.1) is 0 Å². The smallest absolute Gasteiger partial charge is 0.309 e. The average molecular weight is 318 g/mol. The summed E-state index contributed by atoms with van der Waals surface area (Å²) in [6.45, 7) is 0.424. The van der Waals surface area contributed by atoms with Gasteiger partial charge in [0, 0.05) is 25.7 Å². The first kappa shape index (κ1) is 17.3. The van der Waals surface area contributed by atoms with Gasteiger partial charge in [0.05, 0.1) is 19.1 Å². The number of esters is 1. The first-order valence-electron chi connectivity index (χ1n) is 7.97. The minimum Gasteiger partial charge on any atom is -0.462 e. The molecule has 5 nitrogen and oxygen atoms in total. The molecule has 1 aliphatic heterocycles. The average Bonchev–Trinajstić information content (AvgIpc) is 2.52. The van der Waals surface area contributed by atoms with Crippen molar-refractivity contribution in [3.05, 3.63) is 35.9 Å². The number of carbonyl (C=O) groups excluding carboxylic acids is 3. The molecule has 1 aliphatic rings. The van der Waals surface area contributed by atoms with Crippen molar-refractivity contribution in [2.75, 3.05) is 0 Å². The highest BCUT2D eigenvalue weighted by atomic mass is 16.6. The summed E-state index contributed by atoms with van der Waals surface area (Å²) in [5, 5.41) is 0. The number of hydrogen-bond acceptors (Lipinski definition) is 5. The zero-order valence-corrected chi connectivity index (χ0v) is 13.1. The van der Waals surface area contributed by atoms with Gasteiger partial charge in [-0.2, -0.15) is 0 Å². The van der Waals surface area contributed by atoms with E-state index in [1.165, 1.54) is 0 Å². The van der Waals surface area contributed by atoms with Gasteiger partial charge in [-0.1, -0.05) is 30.3 Å². The van der Waals surface area contributed by atoms with Gasteiger partial charge in [-0.25, -0.2) is 0 Å². The first-order chi connectivity index (χ1) is 11.2. The number of rotatable bonds is 11.